The van der Waals surface area contributed by atoms with E-state index in [4.69, 9.17) is 15.3 Å². The molecule has 0 aliphatic rings. The fraction of sp³-hybridized carbons (Fsp3) is 0.440. The molecule has 0 spiro atoms. The predicted molar refractivity (Wildman–Crippen MR) is 168 cm³/mol. The van der Waals surface area contributed by atoms with E-state index in [1.165, 1.54) is 0 Å². The number of rotatable bonds is 14. The predicted octanol–water partition coefficient (Wildman–Crippen LogP) is 7.22. The van der Waals surface area contributed by atoms with E-state index in [9.17, 15) is 4.79 Å². The van der Waals surface area contributed by atoms with Gasteiger partial charge in [-0.25, -0.2) is 0 Å². The van der Waals surface area contributed by atoms with E-state index >= 15 is 0 Å². The third-order valence-electron chi connectivity index (χ3n) is 5.28. The fourth-order valence-electron chi connectivity index (χ4n) is 3.44. The Morgan fingerprint density at radius 2 is 1.54 bits per heavy atom. The van der Waals surface area contributed by atoms with Crippen LogP contribution in [-0.2, 0) is 0 Å². The molecule has 2 unspecified atom stereocenters. The molecule has 192 valence electrons. The van der Waals surface area contributed by atoms with Crippen molar-refractivity contribution in [2.24, 2.45) is 10.9 Å². The van der Waals surface area contributed by atoms with Crippen LogP contribution in [0.2, 0.25) is 0 Å². The SMILES string of the molecule is CC(CI)N(C(=O)c1cc(Br)c(OCCCCCOc2ccc(C=NN)cc2)c(Br)c1)C(C)CI. The average molecular weight is 835 g/mol. The first-order valence-electron chi connectivity index (χ1n) is 11.3. The van der Waals surface area contributed by atoms with Crippen LogP contribution in [0.3, 0.4) is 0 Å². The highest BCUT2D eigenvalue weighted by molar-refractivity contribution is 14.1. The number of benzene rings is 2. The summed E-state index contributed by atoms with van der Waals surface area (Å²) in [5, 5.41) is 3.51. The van der Waals surface area contributed by atoms with E-state index in [1.807, 2.05) is 41.3 Å². The minimum atomic E-state index is 0.0356. The number of halogens is 4. The lowest BCUT2D eigenvalue weighted by atomic mass is 10.1. The molecule has 0 saturated carbocycles. The summed E-state index contributed by atoms with van der Waals surface area (Å²) in [6.07, 6.45) is 4.43. The summed E-state index contributed by atoms with van der Waals surface area (Å²) in [6, 6.07) is 11.7. The van der Waals surface area contributed by atoms with E-state index in [0.29, 0.717) is 24.5 Å². The van der Waals surface area contributed by atoms with E-state index in [-0.39, 0.29) is 18.0 Å². The Labute approximate surface area is 252 Å². The van der Waals surface area contributed by atoms with E-state index in [0.717, 1.165) is 48.4 Å². The van der Waals surface area contributed by atoms with E-state index in [1.54, 1.807) is 6.21 Å². The zero-order chi connectivity index (χ0) is 25.8. The minimum Gasteiger partial charge on any atom is -0.494 e. The van der Waals surface area contributed by atoms with Gasteiger partial charge in [0.25, 0.3) is 5.91 Å². The summed E-state index contributed by atoms with van der Waals surface area (Å²) < 4.78 is 15.1. The monoisotopic (exact) mass is 833 g/mol. The second-order valence-corrected chi connectivity index (χ2v) is 11.6. The number of nitrogens with two attached hydrogens (primary N) is 1. The van der Waals surface area contributed by atoms with Crippen LogP contribution < -0.4 is 15.3 Å². The van der Waals surface area contributed by atoms with Crippen LogP contribution in [0.4, 0.5) is 0 Å². The van der Waals surface area contributed by atoms with Gasteiger partial charge in [-0.1, -0.05) is 45.2 Å². The number of nitrogens with zero attached hydrogens (tertiary/aromatic N) is 2. The molecule has 0 fully saturated rings. The number of alkyl halides is 2. The molecule has 0 radical (unpaired) electrons. The van der Waals surface area contributed by atoms with Crippen molar-refractivity contribution in [2.75, 3.05) is 22.1 Å². The molecule has 0 aliphatic carbocycles. The number of ether oxygens (including phenoxy) is 2. The summed E-state index contributed by atoms with van der Waals surface area (Å²) in [5.74, 6) is 6.74. The van der Waals surface area contributed by atoms with Crippen LogP contribution >= 0.6 is 77.0 Å². The Morgan fingerprint density at radius 1 is 1.00 bits per heavy atom. The van der Waals surface area contributed by atoms with Crippen LogP contribution in [0.5, 0.6) is 11.5 Å². The second kappa shape index (κ2) is 16.3. The summed E-state index contributed by atoms with van der Waals surface area (Å²) in [5.41, 5.74) is 1.58. The molecular weight excluding hydrogens is 804 g/mol. The molecule has 0 heterocycles. The topological polar surface area (TPSA) is 77.2 Å². The molecule has 2 atom stereocenters. The van der Waals surface area contributed by atoms with Gasteiger partial charge in [-0.15, -0.1) is 0 Å². The van der Waals surface area contributed by atoms with Crippen molar-refractivity contribution in [2.45, 2.75) is 45.2 Å². The number of hydrogen-bond donors (Lipinski definition) is 1. The van der Waals surface area contributed by atoms with Gasteiger partial charge in [0.15, 0.2) is 0 Å². The highest BCUT2D eigenvalue weighted by atomic mass is 127. The van der Waals surface area contributed by atoms with Gasteiger partial charge in [-0.3, -0.25) is 4.79 Å². The summed E-state index contributed by atoms with van der Waals surface area (Å²) in [4.78, 5) is 15.3. The van der Waals surface area contributed by atoms with Gasteiger partial charge in [0, 0.05) is 26.5 Å². The van der Waals surface area contributed by atoms with Crippen molar-refractivity contribution in [3.8, 4) is 11.5 Å². The van der Waals surface area contributed by atoms with Crippen molar-refractivity contribution in [3.63, 3.8) is 0 Å². The van der Waals surface area contributed by atoms with Gasteiger partial charge >= 0.3 is 0 Å². The maximum atomic E-state index is 13.3. The summed E-state index contributed by atoms with van der Waals surface area (Å²) in [6.45, 7) is 5.42. The molecule has 2 N–H and O–H groups in total. The molecular formula is C25H31Br2I2N3O3. The lowest BCUT2D eigenvalue weighted by Crippen LogP contribution is -2.46. The standard InChI is InChI=1S/C25H31Br2I2N3O3/c1-17(14-28)32(18(2)15-29)25(33)20-12-22(26)24(23(27)13-20)35-11-5-3-4-10-34-21-8-6-19(7-9-21)16-31-30/h6-9,12-13,16-18H,3-5,10-11,14-15,30H2,1-2H3. The first-order chi connectivity index (χ1) is 16.8. The molecule has 0 aliphatic heterocycles. The quantitative estimate of drug-likeness (QED) is 0.0545. The van der Waals surface area contributed by atoms with Crippen molar-refractivity contribution < 1.29 is 14.3 Å². The van der Waals surface area contributed by atoms with E-state index < -0.39 is 0 Å². The lowest BCUT2D eigenvalue weighted by molar-refractivity contribution is 0.0656. The van der Waals surface area contributed by atoms with Gasteiger partial charge in [-0.2, -0.15) is 5.10 Å². The molecule has 0 saturated heterocycles. The fourth-order valence-corrected chi connectivity index (χ4v) is 5.70. The van der Waals surface area contributed by atoms with Crippen molar-refractivity contribution in [1.29, 1.82) is 0 Å². The van der Waals surface area contributed by atoms with Crippen LogP contribution in [0, 0.1) is 0 Å². The molecule has 10 heteroatoms. The maximum absolute atomic E-state index is 13.3. The number of carbonyl (C=O) groups excluding carboxylic acids is 1. The van der Waals surface area contributed by atoms with Crippen molar-refractivity contribution in [1.82, 2.24) is 4.90 Å². The second-order valence-electron chi connectivity index (χ2n) is 8.09. The van der Waals surface area contributed by atoms with Gasteiger partial charge in [0.05, 0.1) is 28.4 Å². The van der Waals surface area contributed by atoms with Crippen molar-refractivity contribution in [3.05, 3.63) is 56.5 Å². The molecule has 1 amide bonds. The molecule has 35 heavy (non-hydrogen) atoms. The van der Waals surface area contributed by atoms with Crippen LogP contribution in [-0.4, -0.2) is 51.2 Å². The normalized spacial score (nSPS) is 13.0. The molecule has 2 aromatic carbocycles. The zero-order valence-corrected chi connectivity index (χ0v) is 27.3. The van der Waals surface area contributed by atoms with Gasteiger partial charge < -0.3 is 20.2 Å². The highest BCUT2D eigenvalue weighted by Gasteiger charge is 2.26. The first kappa shape index (κ1) is 30.6. The van der Waals surface area contributed by atoms with Crippen molar-refractivity contribution >= 4 is 89.2 Å². The molecule has 2 aromatic rings. The number of hydrazone groups is 1. The number of unbranched alkanes of at least 4 members (excludes halogenated alkanes) is 2. The Balaban J connectivity index is 1.83. The zero-order valence-electron chi connectivity index (χ0n) is 19.9. The molecule has 6 nitrogen and oxygen atoms in total. The van der Waals surface area contributed by atoms with Gasteiger partial charge in [0.1, 0.15) is 11.5 Å². The first-order valence-corrected chi connectivity index (χ1v) is 16.0. The summed E-state index contributed by atoms with van der Waals surface area (Å²) in [7, 11) is 0. The molecule has 0 aromatic heterocycles. The maximum Gasteiger partial charge on any atom is 0.254 e. The Morgan fingerprint density at radius 3 is 2.06 bits per heavy atom. The number of hydrogen-bond acceptors (Lipinski definition) is 5. The largest absolute Gasteiger partial charge is 0.494 e. The number of amides is 1. The summed E-state index contributed by atoms with van der Waals surface area (Å²) >= 11 is 11.9. The van der Waals surface area contributed by atoms with Crippen LogP contribution in [0.25, 0.3) is 0 Å². The van der Waals surface area contributed by atoms with Crippen LogP contribution in [0.15, 0.2) is 50.4 Å². The van der Waals surface area contributed by atoms with Crippen LogP contribution in [0.1, 0.15) is 49.0 Å². The smallest absolute Gasteiger partial charge is 0.254 e. The Kier molecular flexibility index (Phi) is 14.2. The van der Waals surface area contributed by atoms with Gasteiger partial charge in [0.2, 0.25) is 0 Å². The number of carbonyl (C=O) groups is 1. The third-order valence-corrected chi connectivity index (χ3v) is 9.01. The third kappa shape index (κ3) is 9.66. The molecule has 0 bridgehead atoms. The Hall–Kier alpha value is -0.600. The highest BCUT2D eigenvalue weighted by Crippen LogP contribution is 2.35. The minimum absolute atomic E-state index is 0.0356. The molecule has 2 rings (SSSR count). The Bertz CT molecular complexity index is 944. The van der Waals surface area contributed by atoms with Gasteiger partial charge in [-0.05, 0) is 107 Å². The van der Waals surface area contributed by atoms with E-state index in [2.05, 4.69) is 96.0 Å². The lowest BCUT2D eigenvalue weighted by Gasteiger charge is -2.33. The average Bonchev–Trinajstić information content (AvgIpc) is 2.85.